The lowest BCUT2D eigenvalue weighted by Crippen LogP contribution is -1.98. The van der Waals surface area contributed by atoms with Crippen LogP contribution in [0.15, 0.2) is 65.8 Å². The Morgan fingerprint density at radius 1 is 0.968 bits per heavy atom. The van der Waals surface area contributed by atoms with Crippen molar-refractivity contribution in [3.8, 4) is 17.7 Å². The minimum absolute atomic E-state index is 0.257. The van der Waals surface area contributed by atoms with Gasteiger partial charge in [0.15, 0.2) is 9.84 Å². The number of pyridine rings is 2. The van der Waals surface area contributed by atoms with Crippen LogP contribution in [0.4, 0.5) is 11.5 Å². The van der Waals surface area contributed by atoms with Crippen molar-refractivity contribution in [2.24, 2.45) is 0 Å². The standard InChI is InChI=1S/C22H17N5O3S/c1-30-22-10-6-17(26-27-22)5-9-20-19-13-21(24-14-15(19)11-12-23-20)25-16-3-7-18(8-4-16)31(2,28)29/h3-4,6-8,10-14H,1-2H3,(H,24,25). The number of hydrogen-bond acceptors (Lipinski definition) is 8. The molecule has 0 saturated carbocycles. The van der Waals surface area contributed by atoms with E-state index in [0.29, 0.717) is 28.8 Å². The number of aromatic nitrogens is 4. The predicted octanol–water partition coefficient (Wildman–Crippen LogP) is 2.98. The smallest absolute Gasteiger partial charge is 0.233 e. The summed E-state index contributed by atoms with van der Waals surface area (Å²) in [6.07, 6.45) is 4.57. The third kappa shape index (κ3) is 4.76. The first kappa shape index (κ1) is 20.3. The molecule has 1 N–H and O–H groups in total. The molecule has 0 aliphatic rings. The summed E-state index contributed by atoms with van der Waals surface area (Å²) >= 11 is 0. The number of benzene rings is 1. The van der Waals surface area contributed by atoms with Gasteiger partial charge in [-0.15, -0.1) is 10.2 Å². The lowest BCUT2D eigenvalue weighted by Gasteiger charge is -2.08. The van der Waals surface area contributed by atoms with E-state index in [2.05, 4.69) is 37.3 Å². The van der Waals surface area contributed by atoms with Gasteiger partial charge in [-0.2, -0.15) is 0 Å². The first-order chi connectivity index (χ1) is 14.9. The number of anilines is 2. The van der Waals surface area contributed by atoms with Crippen molar-refractivity contribution in [2.75, 3.05) is 18.7 Å². The molecule has 1 aromatic carbocycles. The van der Waals surface area contributed by atoms with E-state index in [4.69, 9.17) is 4.74 Å². The molecular weight excluding hydrogens is 414 g/mol. The molecule has 0 bridgehead atoms. The first-order valence-corrected chi connectivity index (χ1v) is 11.0. The Bertz CT molecular complexity index is 1410. The molecule has 0 aliphatic carbocycles. The Kier molecular flexibility index (Phi) is 5.47. The van der Waals surface area contributed by atoms with Gasteiger partial charge in [0.25, 0.3) is 0 Å². The second-order valence-electron chi connectivity index (χ2n) is 6.58. The summed E-state index contributed by atoms with van der Waals surface area (Å²) < 4.78 is 28.2. The maximum absolute atomic E-state index is 11.6. The molecule has 8 nitrogen and oxygen atoms in total. The third-order valence-electron chi connectivity index (χ3n) is 4.36. The molecule has 0 amide bonds. The van der Waals surface area contributed by atoms with Gasteiger partial charge in [0.1, 0.15) is 17.2 Å². The fourth-order valence-corrected chi connectivity index (χ4v) is 3.42. The van der Waals surface area contributed by atoms with Gasteiger partial charge in [0.05, 0.1) is 12.0 Å². The van der Waals surface area contributed by atoms with Crippen LogP contribution in [-0.4, -0.2) is 41.9 Å². The number of methoxy groups -OCH3 is 1. The van der Waals surface area contributed by atoms with E-state index < -0.39 is 9.84 Å². The molecule has 0 fully saturated rings. The molecule has 9 heteroatoms. The highest BCUT2D eigenvalue weighted by atomic mass is 32.2. The van der Waals surface area contributed by atoms with E-state index in [9.17, 15) is 8.42 Å². The Labute approximate surface area is 179 Å². The van der Waals surface area contributed by atoms with Crippen LogP contribution in [-0.2, 0) is 9.84 Å². The molecule has 0 aliphatic heterocycles. The summed E-state index contributed by atoms with van der Waals surface area (Å²) in [5, 5.41) is 12.8. The molecule has 0 atom stereocenters. The molecule has 154 valence electrons. The summed E-state index contributed by atoms with van der Waals surface area (Å²) in [6, 6.07) is 13.6. The van der Waals surface area contributed by atoms with Gasteiger partial charge in [-0.25, -0.2) is 18.4 Å². The minimum Gasteiger partial charge on any atom is -0.480 e. The quantitative estimate of drug-likeness (QED) is 0.492. The molecule has 0 radical (unpaired) electrons. The van der Waals surface area contributed by atoms with Gasteiger partial charge in [0, 0.05) is 41.2 Å². The van der Waals surface area contributed by atoms with Crippen LogP contribution in [0.2, 0.25) is 0 Å². The Balaban J connectivity index is 1.63. The molecule has 3 aromatic heterocycles. The monoisotopic (exact) mass is 431 g/mol. The summed E-state index contributed by atoms with van der Waals surface area (Å²) in [6.45, 7) is 0. The number of fused-ring (bicyclic) bond motifs is 1. The highest BCUT2D eigenvalue weighted by Gasteiger charge is 2.07. The number of sulfone groups is 1. The number of ether oxygens (including phenoxy) is 1. The number of hydrogen-bond donors (Lipinski definition) is 1. The average molecular weight is 431 g/mol. The highest BCUT2D eigenvalue weighted by molar-refractivity contribution is 7.90. The van der Waals surface area contributed by atoms with Crippen LogP contribution in [0.1, 0.15) is 11.4 Å². The second kappa shape index (κ2) is 8.38. The van der Waals surface area contributed by atoms with E-state index in [1.165, 1.54) is 13.4 Å². The van der Waals surface area contributed by atoms with Crippen LogP contribution in [0, 0.1) is 11.8 Å². The van der Waals surface area contributed by atoms with Gasteiger partial charge in [0.2, 0.25) is 5.88 Å². The molecule has 4 aromatic rings. The number of nitrogens with zero attached hydrogens (tertiary/aromatic N) is 4. The zero-order chi connectivity index (χ0) is 21.8. The Morgan fingerprint density at radius 3 is 2.45 bits per heavy atom. The van der Waals surface area contributed by atoms with E-state index in [0.717, 1.165) is 10.8 Å². The lowest BCUT2D eigenvalue weighted by molar-refractivity contribution is 0.391. The van der Waals surface area contributed by atoms with Crippen LogP contribution < -0.4 is 10.1 Å². The molecule has 31 heavy (non-hydrogen) atoms. The van der Waals surface area contributed by atoms with Crippen LogP contribution in [0.25, 0.3) is 10.8 Å². The van der Waals surface area contributed by atoms with Crippen molar-refractivity contribution in [2.45, 2.75) is 4.90 Å². The maximum Gasteiger partial charge on any atom is 0.233 e. The van der Waals surface area contributed by atoms with Gasteiger partial charge >= 0.3 is 0 Å². The van der Waals surface area contributed by atoms with Crippen molar-refractivity contribution >= 4 is 32.1 Å². The summed E-state index contributed by atoms with van der Waals surface area (Å²) in [5.74, 6) is 6.98. The average Bonchev–Trinajstić information content (AvgIpc) is 2.78. The first-order valence-electron chi connectivity index (χ1n) is 9.14. The van der Waals surface area contributed by atoms with E-state index in [-0.39, 0.29) is 4.90 Å². The van der Waals surface area contributed by atoms with Crippen molar-refractivity contribution in [3.05, 3.63) is 72.3 Å². The predicted molar refractivity (Wildman–Crippen MR) is 117 cm³/mol. The van der Waals surface area contributed by atoms with Crippen molar-refractivity contribution in [1.29, 1.82) is 0 Å². The maximum atomic E-state index is 11.6. The van der Waals surface area contributed by atoms with Gasteiger partial charge in [-0.1, -0.05) is 0 Å². The third-order valence-corrected chi connectivity index (χ3v) is 5.49. The number of rotatable bonds is 4. The largest absolute Gasteiger partial charge is 0.480 e. The van der Waals surface area contributed by atoms with Crippen molar-refractivity contribution < 1.29 is 13.2 Å². The van der Waals surface area contributed by atoms with Crippen LogP contribution in [0.5, 0.6) is 5.88 Å². The zero-order valence-electron chi connectivity index (χ0n) is 16.7. The topological polar surface area (TPSA) is 107 Å². The summed E-state index contributed by atoms with van der Waals surface area (Å²) in [4.78, 5) is 9.04. The van der Waals surface area contributed by atoms with Crippen molar-refractivity contribution in [1.82, 2.24) is 20.2 Å². The van der Waals surface area contributed by atoms with Gasteiger partial charge < -0.3 is 10.1 Å². The zero-order valence-corrected chi connectivity index (χ0v) is 17.5. The van der Waals surface area contributed by atoms with E-state index >= 15 is 0 Å². The molecule has 0 unspecified atom stereocenters. The molecule has 3 heterocycles. The Hall–Kier alpha value is -4.03. The lowest BCUT2D eigenvalue weighted by atomic mass is 10.1. The Morgan fingerprint density at radius 2 is 1.77 bits per heavy atom. The second-order valence-corrected chi connectivity index (χ2v) is 8.60. The van der Waals surface area contributed by atoms with E-state index in [1.807, 2.05) is 12.1 Å². The summed E-state index contributed by atoms with van der Waals surface area (Å²) in [7, 11) is -1.72. The summed E-state index contributed by atoms with van der Waals surface area (Å²) in [5.41, 5.74) is 1.79. The SMILES string of the molecule is COc1ccc(C#Cc2nccc3cnc(Nc4ccc(S(C)(=O)=O)cc4)cc23)nn1. The van der Waals surface area contributed by atoms with Gasteiger partial charge in [-0.3, -0.25) is 0 Å². The van der Waals surface area contributed by atoms with Crippen LogP contribution in [0.3, 0.4) is 0 Å². The molecule has 0 saturated heterocycles. The minimum atomic E-state index is -3.24. The van der Waals surface area contributed by atoms with E-state index in [1.54, 1.807) is 48.8 Å². The van der Waals surface area contributed by atoms with Crippen LogP contribution >= 0.6 is 0 Å². The number of nitrogens with one attached hydrogen (secondary N) is 1. The molecule has 4 rings (SSSR count). The fourth-order valence-electron chi connectivity index (χ4n) is 2.79. The molecular formula is C22H17N5O3S. The highest BCUT2D eigenvalue weighted by Crippen LogP contribution is 2.22. The normalized spacial score (nSPS) is 10.9. The van der Waals surface area contributed by atoms with Gasteiger partial charge in [-0.05, 0) is 54.3 Å². The molecule has 0 spiro atoms. The van der Waals surface area contributed by atoms with Crippen molar-refractivity contribution in [3.63, 3.8) is 0 Å². The fraction of sp³-hybridized carbons (Fsp3) is 0.0909.